The first-order valence-electron chi connectivity index (χ1n) is 17.7. The molecule has 1 aliphatic carbocycles. The van der Waals surface area contributed by atoms with E-state index in [1.165, 1.54) is 27.8 Å². The van der Waals surface area contributed by atoms with Crippen LogP contribution in [0.1, 0.15) is 39.5 Å². The molecule has 8 aromatic rings. The Morgan fingerprint density at radius 3 is 1.58 bits per heavy atom. The standard InChI is InChI=1S/C48H36N4/c1-31-22-27-41(32(2)49-31)35-25-23-34(24-26-35)37-28-38(47-51-33(3)50-46(52-47)36-14-6-4-7-15-36)30-40(29-37)48(39-16-8-5-9-17-39)44-20-12-10-18-42(44)43-19-11-13-21-45(43)48/h4-30H,1-3H3. The molecule has 0 N–H and O–H groups in total. The van der Waals surface area contributed by atoms with Crippen molar-refractivity contribution in [1.82, 2.24) is 19.9 Å². The lowest BCUT2D eigenvalue weighted by Crippen LogP contribution is -2.28. The van der Waals surface area contributed by atoms with Crippen molar-refractivity contribution in [2.75, 3.05) is 0 Å². The number of pyridine rings is 1. The summed E-state index contributed by atoms with van der Waals surface area (Å²) < 4.78 is 0. The van der Waals surface area contributed by atoms with Gasteiger partial charge in [-0.2, -0.15) is 0 Å². The lowest BCUT2D eigenvalue weighted by atomic mass is 9.67. The maximum Gasteiger partial charge on any atom is 0.163 e. The van der Waals surface area contributed by atoms with Crippen molar-refractivity contribution >= 4 is 0 Å². The van der Waals surface area contributed by atoms with Crippen LogP contribution in [0.4, 0.5) is 0 Å². The highest BCUT2D eigenvalue weighted by Crippen LogP contribution is 2.56. The Morgan fingerprint density at radius 1 is 0.365 bits per heavy atom. The number of nitrogens with zero attached hydrogens (tertiary/aromatic N) is 4. The molecule has 0 spiro atoms. The molecule has 52 heavy (non-hydrogen) atoms. The summed E-state index contributed by atoms with van der Waals surface area (Å²) >= 11 is 0. The Labute approximate surface area is 304 Å². The third kappa shape index (κ3) is 5.23. The molecule has 2 heterocycles. The van der Waals surface area contributed by atoms with Gasteiger partial charge in [0, 0.05) is 28.1 Å². The van der Waals surface area contributed by atoms with Gasteiger partial charge in [-0.3, -0.25) is 4.98 Å². The Bertz CT molecular complexity index is 2550. The molecule has 0 atom stereocenters. The fourth-order valence-corrected chi connectivity index (χ4v) is 8.01. The molecule has 0 saturated heterocycles. The lowest BCUT2D eigenvalue weighted by Gasteiger charge is -2.34. The molecule has 0 fully saturated rings. The van der Waals surface area contributed by atoms with Gasteiger partial charge < -0.3 is 0 Å². The number of hydrogen-bond acceptors (Lipinski definition) is 4. The maximum absolute atomic E-state index is 5.10. The predicted molar refractivity (Wildman–Crippen MR) is 211 cm³/mol. The molecule has 2 aromatic heterocycles. The van der Waals surface area contributed by atoms with E-state index in [0.29, 0.717) is 17.5 Å². The Morgan fingerprint density at radius 2 is 0.923 bits per heavy atom. The predicted octanol–water partition coefficient (Wildman–Crippen LogP) is 11.2. The van der Waals surface area contributed by atoms with Crippen molar-refractivity contribution in [1.29, 1.82) is 0 Å². The second kappa shape index (κ2) is 12.7. The van der Waals surface area contributed by atoms with Crippen molar-refractivity contribution in [2.24, 2.45) is 0 Å². The summed E-state index contributed by atoms with van der Waals surface area (Å²) in [5.74, 6) is 1.99. The van der Waals surface area contributed by atoms with Crippen molar-refractivity contribution in [3.63, 3.8) is 0 Å². The molecule has 0 aliphatic heterocycles. The second-order valence-corrected chi connectivity index (χ2v) is 13.6. The molecule has 6 aromatic carbocycles. The highest BCUT2D eigenvalue weighted by atomic mass is 15.0. The zero-order valence-electron chi connectivity index (χ0n) is 29.4. The number of hydrogen-bond donors (Lipinski definition) is 0. The van der Waals surface area contributed by atoms with Crippen LogP contribution in [0.15, 0.2) is 164 Å². The van der Waals surface area contributed by atoms with Crippen LogP contribution in [-0.4, -0.2) is 19.9 Å². The van der Waals surface area contributed by atoms with E-state index in [1.807, 2.05) is 44.2 Å². The van der Waals surface area contributed by atoms with Gasteiger partial charge in [-0.15, -0.1) is 0 Å². The molecule has 0 radical (unpaired) electrons. The number of aromatic nitrogens is 4. The monoisotopic (exact) mass is 668 g/mol. The van der Waals surface area contributed by atoms with E-state index in [2.05, 4.69) is 140 Å². The van der Waals surface area contributed by atoms with Gasteiger partial charge in [-0.25, -0.2) is 15.0 Å². The van der Waals surface area contributed by atoms with E-state index in [4.69, 9.17) is 19.9 Å². The molecule has 9 rings (SSSR count). The number of rotatable bonds is 6. The molecule has 248 valence electrons. The summed E-state index contributed by atoms with van der Waals surface area (Å²) in [5.41, 5.74) is 15.3. The van der Waals surface area contributed by atoms with Crippen LogP contribution in [0.2, 0.25) is 0 Å². The van der Waals surface area contributed by atoms with Crippen LogP contribution < -0.4 is 0 Å². The van der Waals surface area contributed by atoms with E-state index < -0.39 is 5.41 Å². The fraction of sp³-hybridized carbons (Fsp3) is 0.0833. The van der Waals surface area contributed by atoms with Gasteiger partial charge in [0.25, 0.3) is 0 Å². The van der Waals surface area contributed by atoms with E-state index in [0.717, 1.165) is 50.3 Å². The van der Waals surface area contributed by atoms with E-state index >= 15 is 0 Å². The van der Waals surface area contributed by atoms with Crippen molar-refractivity contribution in [3.8, 4) is 56.2 Å². The van der Waals surface area contributed by atoms with Crippen LogP contribution in [0.3, 0.4) is 0 Å². The minimum absolute atomic E-state index is 0.575. The molecule has 4 heteroatoms. The summed E-state index contributed by atoms with van der Waals surface area (Å²) in [5, 5.41) is 0. The van der Waals surface area contributed by atoms with Gasteiger partial charge in [-0.1, -0.05) is 140 Å². The normalized spacial score (nSPS) is 12.7. The second-order valence-electron chi connectivity index (χ2n) is 13.6. The van der Waals surface area contributed by atoms with Gasteiger partial charge in [0.15, 0.2) is 11.6 Å². The van der Waals surface area contributed by atoms with E-state index in [9.17, 15) is 0 Å². The molecule has 0 saturated carbocycles. The first-order chi connectivity index (χ1) is 25.5. The average molecular weight is 669 g/mol. The lowest BCUT2D eigenvalue weighted by molar-refractivity contribution is 0.769. The Hall–Kier alpha value is -6.52. The summed E-state index contributed by atoms with van der Waals surface area (Å²) in [7, 11) is 0. The first kappa shape index (κ1) is 31.5. The quantitative estimate of drug-likeness (QED) is 0.177. The van der Waals surface area contributed by atoms with Crippen LogP contribution in [0, 0.1) is 20.8 Å². The largest absolute Gasteiger partial charge is 0.258 e. The maximum atomic E-state index is 5.10. The van der Waals surface area contributed by atoms with Crippen LogP contribution in [0.25, 0.3) is 56.2 Å². The third-order valence-electron chi connectivity index (χ3n) is 10.3. The summed E-state index contributed by atoms with van der Waals surface area (Å²) in [6.07, 6.45) is 0. The fourth-order valence-electron chi connectivity index (χ4n) is 8.01. The van der Waals surface area contributed by atoms with Gasteiger partial charge in [0.1, 0.15) is 5.82 Å². The SMILES string of the molecule is Cc1ccc(-c2ccc(-c3cc(-c4nc(C)nc(-c5ccccc5)n4)cc(C4(c5ccccc5)c5ccccc5-c5ccccc54)c3)cc2)c(C)n1. The molecule has 4 nitrogen and oxygen atoms in total. The van der Waals surface area contributed by atoms with Gasteiger partial charge >= 0.3 is 0 Å². The Kier molecular flexibility index (Phi) is 7.66. The zero-order valence-corrected chi connectivity index (χ0v) is 29.4. The molecule has 0 bridgehead atoms. The zero-order chi connectivity index (χ0) is 35.2. The number of fused-ring (bicyclic) bond motifs is 3. The molecule has 1 aliphatic rings. The van der Waals surface area contributed by atoms with Gasteiger partial charge in [0.05, 0.1) is 5.41 Å². The van der Waals surface area contributed by atoms with Gasteiger partial charge in [-0.05, 0) is 95.1 Å². The molecule has 0 unspecified atom stereocenters. The molecule has 0 amide bonds. The number of aryl methyl sites for hydroxylation is 3. The van der Waals surface area contributed by atoms with Crippen molar-refractivity contribution in [2.45, 2.75) is 26.2 Å². The summed E-state index contributed by atoms with van der Waals surface area (Å²) in [6, 6.07) is 58.7. The van der Waals surface area contributed by atoms with Gasteiger partial charge in [0.2, 0.25) is 0 Å². The Balaban J connectivity index is 1.32. The average Bonchev–Trinajstić information content (AvgIpc) is 3.49. The molecular weight excluding hydrogens is 633 g/mol. The van der Waals surface area contributed by atoms with Crippen LogP contribution >= 0.6 is 0 Å². The highest BCUT2D eigenvalue weighted by molar-refractivity contribution is 5.87. The van der Waals surface area contributed by atoms with Crippen LogP contribution in [-0.2, 0) is 5.41 Å². The summed E-state index contributed by atoms with van der Waals surface area (Å²) in [4.78, 5) is 19.5. The van der Waals surface area contributed by atoms with Crippen molar-refractivity contribution < 1.29 is 0 Å². The van der Waals surface area contributed by atoms with Crippen LogP contribution in [0.5, 0.6) is 0 Å². The van der Waals surface area contributed by atoms with E-state index in [1.54, 1.807) is 0 Å². The topological polar surface area (TPSA) is 51.6 Å². The molecular formula is C48H36N4. The first-order valence-corrected chi connectivity index (χ1v) is 17.7. The van der Waals surface area contributed by atoms with E-state index in [-0.39, 0.29) is 0 Å². The third-order valence-corrected chi connectivity index (χ3v) is 10.3. The number of benzene rings is 6. The smallest absolute Gasteiger partial charge is 0.163 e. The minimum Gasteiger partial charge on any atom is -0.258 e. The highest BCUT2D eigenvalue weighted by Gasteiger charge is 2.46. The van der Waals surface area contributed by atoms with Crippen molar-refractivity contribution in [3.05, 3.63) is 203 Å². The summed E-state index contributed by atoms with van der Waals surface area (Å²) in [6.45, 7) is 6.05. The minimum atomic E-state index is -0.575.